The maximum atomic E-state index is 14.6. The molecule has 2 aliphatic heterocycles. The molecule has 16 heteroatoms. The van der Waals surface area contributed by atoms with Gasteiger partial charge in [-0.2, -0.15) is 13.2 Å². The van der Waals surface area contributed by atoms with Gasteiger partial charge in [0.25, 0.3) is 5.91 Å². The molecule has 5 rings (SSSR count). The smallest absolute Gasteiger partial charge is 0.416 e. The molecule has 13 nitrogen and oxygen atoms in total. The number of alkyl halides is 3. The number of nitrogens with two attached hydrogens (primary N) is 1. The zero-order valence-corrected chi connectivity index (χ0v) is 32.6. The van der Waals surface area contributed by atoms with Gasteiger partial charge in [0.15, 0.2) is 17.1 Å². The van der Waals surface area contributed by atoms with Crippen molar-refractivity contribution in [3.63, 3.8) is 0 Å². The molecule has 1 aliphatic carbocycles. The van der Waals surface area contributed by atoms with Crippen molar-refractivity contribution in [2.24, 2.45) is 11.7 Å². The number of rotatable bonds is 14. The van der Waals surface area contributed by atoms with Crippen LogP contribution in [0.5, 0.6) is 28.7 Å². The van der Waals surface area contributed by atoms with E-state index in [1.54, 1.807) is 30.6 Å². The van der Waals surface area contributed by atoms with Gasteiger partial charge in [-0.3, -0.25) is 9.59 Å². The molecule has 2 aromatic rings. The Morgan fingerprint density at radius 2 is 1.55 bits per heavy atom. The molecular formula is C39H53F3N6O7. The Bertz CT molecular complexity index is 1770. The van der Waals surface area contributed by atoms with Gasteiger partial charge in [-0.05, 0) is 63.6 Å². The van der Waals surface area contributed by atoms with Gasteiger partial charge in [0.2, 0.25) is 23.2 Å². The molecule has 302 valence electrons. The highest BCUT2D eigenvalue weighted by molar-refractivity contribution is 6.08. The SMILES string of the molecule is COc1c(OC)c(OC)c(N2CCC[C@@H](C(=O)N(C3CC3)C(C)c3ccc(/C(C=N)=C/N)cc3C(F)(F)F)C2)c(OC)c1OC(C)(C)C(=O)N1CCNCC1. The minimum atomic E-state index is -4.72. The summed E-state index contributed by atoms with van der Waals surface area (Å²) in [5.41, 5.74) is 4.04. The Balaban J connectivity index is 1.52. The van der Waals surface area contributed by atoms with Crippen LogP contribution in [0.25, 0.3) is 5.57 Å². The predicted octanol–water partition coefficient (Wildman–Crippen LogP) is 5.25. The number of hydrogen-bond acceptors (Lipinski definition) is 11. The standard InChI is InChI=1S/C39H53F3N6O7/c1-23(28-13-10-24(26(20-43)21-44)19-29(28)39(40,41)42)48(27-11-12-27)36(49)25-9-8-16-47(22-25)30-31(51-4)33(53-6)34(54-7)35(32(30)52-5)55-38(2,3)37(50)46-17-14-45-15-18-46/h10,13,19-21,23,25,27,43,45H,8-9,11-12,14-18,22,44H2,1-7H3/b26-21+,43-20?/t23?,25-/m1/s1. The second-order valence-electron chi connectivity index (χ2n) is 14.5. The molecule has 0 spiro atoms. The van der Waals surface area contributed by atoms with E-state index in [0.29, 0.717) is 64.1 Å². The van der Waals surface area contributed by atoms with Gasteiger partial charge in [-0.1, -0.05) is 12.1 Å². The fourth-order valence-corrected chi connectivity index (χ4v) is 7.66. The van der Waals surface area contributed by atoms with Crippen LogP contribution in [-0.4, -0.2) is 107 Å². The van der Waals surface area contributed by atoms with Crippen molar-refractivity contribution in [3.05, 3.63) is 41.1 Å². The summed E-state index contributed by atoms with van der Waals surface area (Å²) in [6.45, 7) is 8.03. The van der Waals surface area contributed by atoms with Crippen LogP contribution in [0, 0.1) is 11.3 Å². The molecule has 4 N–H and O–H groups in total. The molecule has 0 bridgehead atoms. The van der Waals surface area contributed by atoms with Crippen molar-refractivity contribution in [1.82, 2.24) is 15.1 Å². The molecule has 1 saturated carbocycles. The van der Waals surface area contributed by atoms with E-state index in [2.05, 4.69) is 5.32 Å². The molecule has 2 amide bonds. The van der Waals surface area contributed by atoms with Crippen molar-refractivity contribution < 1.29 is 46.4 Å². The Labute approximate surface area is 320 Å². The molecule has 55 heavy (non-hydrogen) atoms. The molecular weight excluding hydrogens is 721 g/mol. The Morgan fingerprint density at radius 1 is 0.945 bits per heavy atom. The first-order valence-electron chi connectivity index (χ1n) is 18.5. The fraction of sp³-hybridized carbons (Fsp3) is 0.564. The van der Waals surface area contributed by atoms with E-state index >= 15 is 0 Å². The third-order valence-electron chi connectivity index (χ3n) is 10.5. The summed E-state index contributed by atoms with van der Waals surface area (Å²) >= 11 is 0. The highest BCUT2D eigenvalue weighted by atomic mass is 19.4. The average Bonchev–Trinajstić information content (AvgIpc) is 4.02. The number of amides is 2. The molecule has 0 aromatic heterocycles. The van der Waals surface area contributed by atoms with E-state index < -0.39 is 29.3 Å². The van der Waals surface area contributed by atoms with E-state index in [4.69, 9.17) is 34.8 Å². The van der Waals surface area contributed by atoms with Crippen LogP contribution in [-0.2, 0) is 15.8 Å². The zero-order valence-electron chi connectivity index (χ0n) is 32.6. The van der Waals surface area contributed by atoms with Crippen LogP contribution in [0.1, 0.15) is 69.2 Å². The molecule has 3 fully saturated rings. The number of halogens is 3. The Hall–Kier alpha value is -4.86. The summed E-state index contributed by atoms with van der Waals surface area (Å²) in [5, 5.41) is 10.8. The van der Waals surface area contributed by atoms with E-state index in [1.807, 2.05) is 4.90 Å². The van der Waals surface area contributed by atoms with Crippen LogP contribution >= 0.6 is 0 Å². The van der Waals surface area contributed by atoms with Crippen LogP contribution < -0.4 is 39.6 Å². The van der Waals surface area contributed by atoms with E-state index in [9.17, 15) is 22.8 Å². The number of anilines is 1. The second kappa shape index (κ2) is 16.9. The summed E-state index contributed by atoms with van der Waals surface area (Å²) < 4.78 is 73.8. The monoisotopic (exact) mass is 774 g/mol. The highest BCUT2D eigenvalue weighted by Gasteiger charge is 2.45. The van der Waals surface area contributed by atoms with E-state index in [1.165, 1.54) is 40.6 Å². The maximum absolute atomic E-state index is 14.6. The zero-order chi connectivity index (χ0) is 40.2. The van der Waals surface area contributed by atoms with Gasteiger partial charge < -0.3 is 54.8 Å². The molecule has 2 aromatic carbocycles. The summed E-state index contributed by atoms with van der Waals surface area (Å²) in [5.74, 6) is -0.122. The minimum Gasteiger partial charge on any atom is -0.491 e. The van der Waals surface area contributed by atoms with Gasteiger partial charge in [-0.15, -0.1) is 0 Å². The van der Waals surface area contributed by atoms with Gasteiger partial charge in [-0.25, -0.2) is 0 Å². The molecule has 2 heterocycles. The number of hydrogen-bond donors (Lipinski definition) is 3. The summed E-state index contributed by atoms with van der Waals surface area (Å²) in [7, 11) is 5.83. The molecule has 3 aliphatic rings. The molecule has 0 radical (unpaired) electrons. The van der Waals surface area contributed by atoms with E-state index in [-0.39, 0.29) is 69.8 Å². The first kappa shape index (κ1) is 41.3. The van der Waals surface area contributed by atoms with Crippen LogP contribution in [0.15, 0.2) is 24.4 Å². The van der Waals surface area contributed by atoms with Crippen LogP contribution in [0.2, 0.25) is 0 Å². The molecule has 1 unspecified atom stereocenters. The highest BCUT2D eigenvalue weighted by Crippen LogP contribution is 2.59. The number of carbonyl (C=O) groups excluding carboxylic acids is 2. The third kappa shape index (κ3) is 8.38. The first-order valence-corrected chi connectivity index (χ1v) is 18.5. The number of ether oxygens (including phenoxy) is 5. The summed E-state index contributed by atoms with van der Waals surface area (Å²) in [4.78, 5) is 33.6. The minimum absolute atomic E-state index is 0.0338. The van der Waals surface area contributed by atoms with Gasteiger partial charge in [0, 0.05) is 63.3 Å². The lowest BCUT2D eigenvalue weighted by molar-refractivity contribution is -0.146. The number of benzene rings is 2. The largest absolute Gasteiger partial charge is 0.491 e. The van der Waals surface area contributed by atoms with Crippen molar-refractivity contribution in [1.29, 1.82) is 5.41 Å². The van der Waals surface area contributed by atoms with E-state index in [0.717, 1.165) is 18.5 Å². The normalized spacial score (nSPS) is 18.7. The fourth-order valence-electron chi connectivity index (χ4n) is 7.66. The van der Waals surface area contributed by atoms with Crippen LogP contribution in [0.4, 0.5) is 18.9 Å². The van der Waals surface area contributed by atoms with Gasteiger partial charge in [0.05, 0.1) is 46.0 Å². The maximum Gasteiger partial charge on any atom is 0.416 e. The van der Waals surface area contributed by atoms with Crippen molar-refractivity contribution in [2.75, 3.05) is 72.6 Å². The Morgan fingerprint density at radius 3 is 2.09 bits per heavy atom. The lowest BCUT2D eigenvalue weighted by atomic mass is 9.92. The predicted molar refractivity (Wildman–Crippen MR) is 202 cm³/mol. The third-order valence-corrected chi connectivity index (χ3v) is 10.5. The average molecular weight is 775 g/mol. The second-order valence-corrected chi connectivity index (χ2v) is 14.5. The van der Waals surface area contributed by atoms with Crippen molar-refractivity contribution >= 4 is 29.3 Å². The lowest BCUT2D eigenvalue weighted by Gasteiger charge is -2.40. The quantitative estimate of drug-likeness (QED) is 0.217. The number of carbonyl (C=O) groups is 2. The van der Waals surface area contributed by atoms with Crippen molar-refractivity contribution in [3.8, 4) is 28.7 Å². The number of methoxy groups -OCH3 is 4. The lowest BCUT2D eigenvalue weighted by Crippen LogP contribution is -2.54. The summed E-state index contributed by atoms with van der Waals surface area (Å²) in [6.07, 6.45) is -0.279. The topological polar surface area (TPSA) is 152 Å². The Kier molecular flexibility index (Phi) is 12.7. The van der Waals surface area contributed by atoms with Crippen LogP contribution in [0.3, 0.4) is 0 Å². The number of piperidine rings is 1. The number of allylic oxidation sites excluding steroid dienone is 1. The number of piperazine rings is 1. The molecule has 2 atom stereocenters. The first-order chi connectivity index (χ1) is 26.2. The molecule has 2 saturated heterocycles. The van der Waals surface area contributed by atoms with Crippen molar-refractivity contribution in [2.45, 2.75) is 70.3 Å². The number of nitrogens with one attached hydrogen (secondary N) is 2. The number of nitrogens with zero attached hydrogens (tertiary/aromatic N) is 3. The summed E-state index contributed by atoms with van der Waals surface area (Å²) in [6, 6.07) is 2.76. The van der Waals surface area contributed by atoms with Gasteiger partial charge in [0.1, 0.15) is 5.69 Å². The van der Waals surface area contributed by atoms with Gasteiger partial charge >= 0.3 is 6.18 Å².